The molecule has 3 nitrogen and oxygen atoms in total. The smallest absolute Gasteiger partial charge is 0.123 e. The molecule has 0 amide bonds. The van der Waals surface area contributed by atoms with Crippen molar-refractivity contribution in [2.45, 2.75) is 63.2 Å². The van der Waals surface area contributed by atoms with Crippen molar-refractivity contribution in [2.24, 2.45) is 5.92 Å². The van der Waals surface area contributed by atoms with Gasteiger partial charge < -0.3 is 10.1 Å². The van der Waals surface area contributed by atoms with E-state index in [1.165, 1.54) is 44.1 Å². The van der Waals surface area contributed by atoms with Gasteiger partial charge in [-0.2, -0.15) is 0 Å². The molecule has 4 rings (SSSR count). The third kappa shape index (κ3) is 4.37. The largest absolute Gasteiger partial charge is 0.493 e. The second-order valence-corrected chi connectivity index (χ2v) is 8.12. The number of nitrogens with one attached hydrogen (secondary N) is 1. The minimum Gasteiger partial charge on any atom is -0.493 e. The number of rotatable bonds is 6. The van der Waals surface area contributed by atoms with Crippen LogP contribution in [0.15, 0.2) is 18.2 Å². The highest BCUT2D eigenvalue weighted by Gasteiger charge is 2.35. The van der Waals surface area contributed by atoms with E-state index in [0.717, 1.165) is 41.9 Å². The Kier molecular flexibility index (Phi) is 5.97. The van der Waals surface area contributed by atoms with Crippen molar-refractivity contribution in [3.05, 3.63) is 28.8 Å². The highest BCUT2D eigenvalue weighted by Crippen LogP contribution is 2.33. The summed E-state index contributed by atoms with van der Waals surface area (Å²) in [6.07, 6.45) is 7.88. The molecule has 0 spiro atoms. The molecule has 0 aromatic heterocycles. The fourth-order valence-corrected chi connectivity index (χ4v) is 4.28. The summed E-state index contributed by atoms with van der Waals surface area (Å²) in [6.45, 7) is 1.78. The van der Waals surface area contributed by atoms with Crippen molar-refractivity contribution in [3.63, 3.8) is 0 Å². The second-order valence-electron chi connectivity index (χ2n) is 7.68. The molecule has 2 aliphatic heterocycles. The molecule has 3 fully saturated rings. The molecule has 1 aliphatic carbocycles. The summed E-state index contributed by atoms with van der Waals surface area (Å²) in [6, 6.07) is 8.19. The van der Waals surface area contributed by atoms with Crippen LogP contribution in [0.2, 0.25) is 5.02 Å². The summed E-state index contributed by atoms with van der Waals surface area (Å²) in [5.41, 5.74) is 1.23. The Morgan fingerprint density at radius 3 is 2.54 bits per heavy atom. The summed E-state index contributed by atoms with van der Waals surface area (Å²) in [5, 5.41) is 4.53. The van der Waals surface area contributed by atoms with Crippen LogP contribution in [0, 0.1) is 5.92 Å². The molecule has 2 bridgehead atoms. The molecule has 3 aliphatic rings. The lowest BCUT2D eigenvalue weighted by Crippen LogP contribution is -2.46. The Hall–Kier alpha value is -0.480. The first-order chi connectivity index (χ1) is 11.2. The average Bonchev–Trinajstić information content (AvgIpc) is 3.30. The fourth-order valence-electron chi connectivity index (χ4n) is 4.09. The van der Waals surface area contributed by atoms with Crippen LogP contribution in [0.25, 0.3) is 0 Å². The van der Waals surface area contributed by atoms with Gasteiger partial charge in [-0.15, -0.1) is 12.4 Å². The van der Waals surface area contributed by atoms with Gasteiger partial charge in [0.05, 0.1) is 6.61 Å². The van der Waals surface area contributed by atoms with Gasteiger partial charge in [0.15, 0.2) is 0 Å². The number of ether oxygens (including phenoxy) is 1. The quantitative estimate of drug-likeness (QED) is 0.809. The van der Waals surface area contributed by atoms with E-state index in [9.17, 15) is 0 Å². The summed E-state index contributed by atoms with van der Waals surface area (Å²) in [4.78, 5) is 2.50. The number of nitrogens with zero attached hydrogens (tertiary/aromatic N) is 1. The Bertz CT molecular complexity index is 552. The fraction of sp³-hybridized carbons (Fsp3) is 0.684. The van der Waals surface area contributed by atoms with Crippen LogP contribution in [-0.4, -0.2) is 36.7 Å². The molecule has 1 N–H and O–H groups in total. The van der Waals surface area contributed by atoms with Crippen molar-refractivity contribution in [3.8, 4) is 5.75 Å². The Balaban J connectivity index is 0.00000169. The zero-order valence-corrected chi connectivity index (χ0v) is 15.9. The van der Waals surface area contributed by atoms with Gasteiger partial charge in [0.2, 0.25) is 0 Å². The predicted molar refractivity (Wildman–Crippen MR) is 101 cm³/mol. The van der Waals surface area contributed by atoms with Crippen LogP contribution in [-0.2, 0) is 6.54 Å². The van der Waals surface area contributed by atoms with Crippen molar-refractivity contribution in [2.75, 3.05) is 13.7 Å². The van der Waals surface area contributed by atoms with E-state index in [4.69, 9.17) is 16.3 Å². The Morgan fingerprint density at radius 2 is 1.88 bits per heavy atom. The van der Waals surface area contributed by atoms with Crippen LogP contribution in [0.5, 0.6) is 5.75 Å². The molecule has 2 unspecified atom stereocenters. The molecule has 2 heterocycles. The standard InChI is InChI=1S/C19H27ClN2O.ClH/c1-22(18-9-16-5-6-17(10-18)21-16)11-14-8-15(20)4-7-19(14)23-12-13-2-3-13;/h4,7-8,13,16-18,21H,2-3,5-6,9-12H2,1H3;1H. The van der Waals surface area contributed by atoms with E-state index in [-0.39, 0.29) is 12.4 Å². The minimum atomic E-state index is 0. The molecule has 1 aromatic carbocycles. The number of benzene rings is 1. The van der Waals surface area contributed by atoms with Gasteiger partial charge in [0, 0.05) is 35.3 Å². The van der Waals surface area contributed by atoms with Crippen molar-refractivity contribution < 1.29 is 4.74 Å². The molecular formula is C19H28Cl2N2O. The highest BCUT2D eigenvalue weighted by molar-refractivity contribution is 6.30. The average molecular weight is 371 g/mol. The molecule has 1 saturated carbocycles. The Labute approximate surface area is 156 Å². The highest BCUT2D eigenvalue weighted by atomic mass is 35.5. The number of halogens is 2. The molecule has 2 saturated heterocycles. The lowest BCUT2D eigenvalue weighted by Gasteiger charge is -2.35. The van der Waals surface area contributed by atoms with Gasteiger partial charge in [0.25, 0.3) is 0 Å². The van der Waals surface area contributed by atoms with Gasteiger partial charge in [-0.3, -0.25) is 4.90 Å². The maximum atomic E-state index is 6.23. The number of piperidine rings is 1. The van der Waals surface area contributed by atoms with E-state index in [2.05, 4.69) is 23.3 Å². The molecule has 0 radical (unpaired) electrons. The van der Waals surface area contributed by atoms with E-state index >= 15 is 0 Å². The van der Waals surface area contributed by atoms with Crippen LogP contribution in [0.3, 0.4) is 0 Å². The summed E-state index contributed by atoms with van der Waals surface area (Å²) in [5.74, 6) is 1.79. The van der Waals surface area contributed by atoms with Gasteiger partial charge in [0.1, 0.15) is 5.75 Å². The summed E-state index contributed by atoms with van der Waals surface area (Å²) in [7, 11) is 2.25. The summed E-state index contributed by atoms with van der Waals surface area (Å²) < 4.78 is 6.06. The predicted octanol–water partition coefficient (Wildman–Crippen LogP) is 4.27. The molecule has 24 heavy (non-hydrogen) atoms. The van der Waals surface area contributed by atoms with Crippen molar-refractivity contribution in [1.29, 1.82) is 0 Å². The lowest BCUT2D eigenvalue weighted by molar-refractivity contribution is 0.163. The van der Waals surface area contributed by atoms with Gasteiger partial charge >= 0.3 is 0 Å². The number of fused-ring (bicyclic) bond motifs is 2. The molecule has 1 aromatic rings. The van der Waals surface area contributed by atoms with Crippen molar-refractivity contribution in [1.82, 2.24) is 10.2 Å². The molecule has 5 heteroatoms. The normalized spacial score (nSPS) is 28.7. The van der Waals surface area contributed by atoms with E-state index in [1.54, 1.807) is 0 Å². The monoisotopic (exact) mass is 370 g/mol. The van der Waals surface area contributed by atoms with Gasteiger partial charge in [-0.25, -0.2) is 0 Å². The van der Waals surface area contributed by atoms with Crippen LogP contribution >= 0.6 is 24.0 Å². The summed E-state index contributed by atoms with van der Waals surface area (Å²) >= 11 is 6.23. The van der Waals surface area contributed by atoms with Crippen LogP contribution in [0.1, 0.15) is 44.1 Å². The molecule has 134 valence electrons. The Morgan fingerprint density at radius 1 is 1.17 bits per heavy atom. The zero-order chi connectivity index (χ0) is 15.8. The van der Waals surface area contributed by atoms with Gasteiger partial charge in [-0.05, 0) is 69.7 Å². The van der Waals surface area contributed by atoms with E-state index < -0.39 is 0 Å². The zero-order valence-electron chi connectivity index (χ0n) is 14.3. The number of hydrogen-bond acceptors (Lipinski definition) is 3. The number of hydrogen-bond donors (Lipinski definition) is 1. The first kappa shape index (κ1) is 18.3. The van der Waals surface area contributed by atoms with Crippen LogP contribution < -0.4 is 10.1 Å². The maximum absolute atomic E-state index is 6.23. The van der Waals surface area contributed by atoms with Crippen molar-refractivity contribution >= 4 is 24.0 Å². The SMILES string of the molecule is CN(Cc1cc(Cl)ccc1OCC1CC1)C1CC2CCC(C1)N2.Cl. The van der Waals surface area contributed by atoms with E-state index in [1.807, 2.05) is 12.1 Å². The first-order valence-electron chi connectivity index (χ1n) is 9.05. The minimum absolute atomic E-state index is 0. The van der Waals surface area contributed by atoms with Crippen LogP contribution in [0.4, 0.5) is 0 Å². The lowest BCUT2D eigenvalue weighted by atomic mass is 9.98. The van der Waals surface area contributed by atoms with Gasteiger partial charge in [-0.1, -0.05) is 11.6 Å². The third-order valence-corrected chi connectivity index (χ3v) is 5.92. The topological polar surface area (TPSA) is 24.5 Å². The molecule has 2 atom stereocenters. The maximum Gasteiger partial charge on any atom is 0.123 e. The van der Waals surface area contributed by atoms with E-state index in [0.29, 0.717) is 6.04 Å². The third-order valence-electron chi connectivity index (χ3n) is 5.69. The second kappa shape index (κ2) is 7.82. The first-order valence-corrected chi connectivity index (χ1v) is 9.42. The molecular weight excluding hydrogens is 343 g/mol.